The molecule has 0 radical (unpaired) electrons. The molecule has 2 aliphatic heterocycles. The van der Waals surface area contributed by atoms with Crippen molar-refractivity contribution in [3.8, 4) is 22.8 Å². The van der Waals surface area contributed by atoms with Gasteiger partial charge in [0.15, 0.2) is 0 Å². The fourth-order valence-corrected chi connectivity index (χ4v) is 10.9. The minimum absolute atomic E-state index is 0.0803. The lowest BCUT2D eigenvalue weighted by atomic mass is 9.95. The van der Waals surface area contributed by atoms with E-state index in [1.54, 1.807) is 12.4 Å². The van der Waals surface area contributed by atoms with Gasteiger partial charge in [-0.25, -0.2) is 19.9 Å². The minimum Gasteiger partial charge on any atom is -0.382 e. The maximum Gasteiger partial charge on any atom is 0.253 e. The number of aromatic amines is 4. The van der Waals surface area contributed by atoms with Gasteiger partial charge in [0.1, 0.15) is 45.7 Å². The first-order chi connectivity index (χ1) is 35.3. The van der Waals surface area contributed by atoms with E-state index >= 15 is 0 Å². The van der Waals surface area contributed by atoms with E-state index in [1.807, 2.05) is 107 Å². The van der Waals surface area contributed by atoms with E-state index in [0.717, 1.165) is 126 Å². The molecule has 14 rings (SSSR count). The van der Waals surface area contributed by atoms with Crippen molar-refractivity contribution in [1.82, 2.24) is 58.5 Å². The van der Waals surface area contributed by atoms with Crippen molar-refractivity contribution in [1.29, 1.82) is 0 Å². The van der Waals surface area contributed by atoms with Crippen molar-refractivity contribution < 1.29 is 9.59 Å². The summed E-state index contributed by atoms with van der Waals surface area (Å²) in [6.07, 6.45) is 14.5. The van der Waals surface area contributed by atoms with Gasteiger partial charge < -0.3 is 41.2 Å². The monoisotopic (exact) mass is 950 g/mol. The zero-order valence-corrected chi connectivity index (χ0v) is 39.2. The van der Waals surface area contributed by atoms with Gasteiger partial charge in [0, 0.05) is 130 Å². The topological polar surface area (TPSA) is 216 Å². The zero-order chi connectivity index (χ0) is 48.5. The second-order valence-electron chi connectivity index (χ2n) is 18.9. The molecule has 0 spiro atoms. The number of para-hydroxylation sites is 2. The van der Waals surface area contributed by atoms with Crippen LogP contribution in [0.4, 0.5) is 11.6 Å². The number of imidazole rings is 2. The predicted molar refractivity (Wildman–Crippen MR) is 282 cm³/mol. The molecular formula is C56H50N14O2. The molecule has 356 valence electrons. The number of fused-ring (bicyclic) bond motifs is 6. The van der Waals surface area contributed by atoms with E-state index in [-0.39, 0.29) is 23.7 Å². The van der Waals surface area contributed by atoms with Crippen LogP contribution in [0, 0.1) is 0 Å². The van der Waals surface area contributed by atoms with Crippen LogP contribution in [0.5, 0.6) is 0 Å². The molecule has 0 aliphatic carbocycles. The number of amides is 2. The number of likely N-dealkylation sites (tertiary alicyclic amines) is 2. The Hall–Kier alpha value is -9.18. The number of nitrogens with one attached hydrogen (secondary N) is 4. The summed E-state index contributed by atoms with van der Waals surface area (Å²) in [5.41, 5.74) is 23.4. The van der Waals surface area contributed by atoms with Crippen LogP contribution in [0.25, 0.3) is 77.4 Å². The Balaban J connectivity index is 0.000000140. The number of rotatable bonds is 6. The van der Waals surface area contributed by atoms with Crippen molar-refractivity contribution in [2.24, 2.45) is 0 Å². The van der Waals surface area contributed by atoms with Crippen LogP contribution in [-0.2, 0) is 0 Å². The number of nitrogens with two attached hydrogens (primary N) is 2. The second-order valence-corrected chi connectivity index (χ2v) is 18.9. The Morgan fingerprint density at radius 1 is 0.500 bits per heavy atom. The number of hydrogen-bond acceptors (Lipinski definition) is 8. The fraction of sp³-hybridized carbons (Fsp3) is 0.179. The molecule has 8 aromatic heterocycles. The molecule has 2 aliphatic rings. The summed E-state index contributed by atoms with van der Waals surface area (Å²) in [6.45, 7) is 2.75. The quantitative estimate of drug-likeness (QED) is 0.0941. The highest BCUT2D eigenvalue weighted by molar-refractivity contribution is 5.99. The van der Waals surface area contributed by atoms with Crippen LogP contribution >= 0.6 is 0 Å². The molecule has 0 bridgehead atoms. The number of H-pyrrole nitrogens is 4. The highest BCUT2D eigenvalue weighted by Gasteiger charge is 2.31. The summed E-state index contributed by atoms with van der Waals surface area (Å²) >= 11 is 0. The van der Waals surface area contributed by atoms with Gasteiger partial charge >= 0.3 is 0 Å². The third-order valence-corrected chi connectivity index (χ3v) is 14.7. The lowest BCUT2D eigenvalue weighted by Gasteiger charge is -2.31. The SMILES string of the molecule is Nc1nccn2c(C3CCN(C(=O)c4ccc5[nH]ccc5c4)CC3)nc(-c3cc4ccccc4[nH]3)c12.Nc1nccn2c(C3CCN(C(=O)c4ccc5[nH]ccc5c4)CC3)nc(-c3cc4ccccc4[nH]3)c12. The molecular weight excluding hydrogens is 901 g/mol. The van der Waals surface area contributed by atoms with E-state index in [4.69, 9.17) is 21.4 Å². The van der Waals surface area contributed by atoms with Gasteiger partial charge in [0.25, 0.3) is 11.8 Å². The van der Waals surface area contributed by atoms with Gasteiger partial charge in [-0.1, -0.05) is 36.4 Å². The lowest BCUT2D eigenvalue weighted by Crippen LogP contribution is -2.38. The highest BCUT2D eigenvalue weighted by atomic mass is 16.2. The molecule has 16 heteroatoms. The Morgan fingerprint density at radius 3 is 1.35 bits per heavy atom. The highest BCUT2D eigenvalue weighted by Crippen LogP contribution is 2.38. The Labute approximate surface area is 411 Å². The van der Waals surface area contributed by atoms with Crippen LogP contribution in [0.15, 0.2) is 146 Å². The average Bonchev–Trinajstić information content (AvgIpc) is 4.29. The number of carbonyl (C=O) groups excluding carboxylic acids is 2. The molecule has 2 amide bonds. The normalized spacial score (nSPS) is 14.8. The lowest BCUT2D eigenvalue weighted by molar-refractivity contribution is 0.0704. The molecule has 4 aromatic carbocycles. The standard InChI is InChI=1S/2C28H25N7O/c2*29-26-25-24(23-16-18-3-1-2-4-22(18)32-23)33-27(35(25)14-11-31-26)17-8-12-34(13-9-17)28(36)20-5-6-21-19(15-20)7-10-30-21/h2*1-7,10-11,14-17,30,32H,8-9,12-13H2,(H2,29,31). The molecule has 0 atom stereocenters. The Morgan fingerprint density at radius 2 is 0.917 bits per heavy atom. The summed E-state index contributed by atoms with van der Waals surface area (Å²) in [6, 6.07) is 36.2. The maximum absolute atomic E-state index is 13.2. The summed E-state index contributed by atoms with van der Waals surface area (Å²) in [5, 5.41) is 4.36. The third kappa shape index (κ3) is 7.46. The van der Waals surface area contributed by atoms with Gasteiger partial charge in [0.2, 0.25) is 0 Å². The smallest absolute Gasteiger partial charge is 0.253 e. The first-order valence-corrected chi connectivity index (χ1v) is 24.5. The number of aromatic nitrogens is 10. The summed E-state index contributed by atoms with van der Waals surface area (Å²) < 4.78 is 4.15. The molecule has 2 fully saturated rings. The van der Waals surface area contributed by atoms with Crippen LogP contribution in [0.2, 0.25) is 0 Å². The van der Waals surface area contributed by atoms with E-state index < -0.39 is 0 Å². The molecule has 10 heterocycles. The Kier molecular flexibility index (Phi) is 10.3. The van der Waals surface area contributed by atoms with Crippen molar-refractivity contribution in [3.63, 3.8) is 0 Å². The van der Waals surface area contributed by atoms with Crippen molar-refractivity contribution in [2.45, 2.75) is 37.5 Å². The average molecular weight is 951 g/mol. The van der Waals surface area contributed by atoms with E-state index in [2.05, 4.69) is 75.1 Å². The summed E-state index contributed by atoms with van der Waals surface area (Å²) in [5.74, 6) is 3.44. The number of carbonyl (C=O) groups is 2. The second kappa shape index (κ2) is 17.3. The number of benzene rings is 4. The van der Waals surface area contributed by atoms with Crippen molar-refractivity contribution >= 4 is 78.1 Å². The molecule has 0 unspecified atom stereocenters. The first kappa shape index (κ1) is 42.9. The first-order valence-electron chi connectivity index (χ1n) is 24.5. The van der Waals surface area contributed by atoms with Crippen LogP contribution in [-0.4, -0.2) is 96.5 Å². The van der Waals surface area contributed by atoms with E-state index in [0.29, 0.717) is 37.8 Å². The van der Waals surface area contributed by atoms with Gasteiger partial charge in [0.05, 0.1) is 11.4 Å². The van der Waals surface area contributed by atoms with Gasteiger partial charge in [-0.2, -0.15) is 0 Å². The molecule has 0 saturated carbocycles. The molecule has 2 saturated heterocycles. The predicted octanol–water partition coefficient (Wildman–Crippen LogP) is 9.92. The largest absolute Gasteiger partial charge is 0.382 e. The van der Waals surface area contributed by atoms with Crippen molar-refractivity contribution in [2.75, 3.05) is 37.6 Å². The maximum atomic E-state index is 13.2. The number of anilines is 2. The number of hydrogen-bond donors (Lipinski definition) is 6. The summed E-state index contributed by atoms with van der Waals surface area (Å²) in [7, 11) is 0. The van der Waals surface area contributed by atoms with Gasteiger partial charge in [-0.15, -0.1) is 0 Å². The Bertz CT molecular complexity index is 3690. The zero-order valence-electron chi connectivity index (χ0n) is 39.2. The van der Waals surface area contributed by atoms with Gasteiger partial charge in [-0.3, -0.25) is 18.4 Å². The van der Waals surface area contributed by atoms with Crippen LogP contribution < -0.4 is 11.5 Å². The van der Waals surface area contributed by atoms with E-state index in [1.165, 1.54) is 0 Å². The molecule has 16 nitrogen and oxygen atoms in total. The van der Waals surface area contributed by atoms with Crippen LogP contribution in [0.1, 0.15) is 69.9 Å². The molecule has 12 aromatic rings. The molecule has 72 heavy (non-hydrogen) atoms. The van der Waals surface area contributed by atoms with E-state index in [9.17, 15) is 9.59 Å². The number of piperidine rings is 2. The minimum atomic E-state index is 0.0803. The number of nitrogens with zero attached hydrogens (tertiary/aromatic N) is 8. The fourth-order valence-electron chi connectivity index (χ4n) is 10.9. The van der Waals surface area contributed by atoms with Crippen LogP contribution in [0.3, 0.4) is 0 Å². The third-order valence-electron chi connectivity index (χ3n) is 14.7. The van der Waals surface area contributed by atoms with Crippen molar-refractivity contribution in [3.05, 3.63) is 169 Å². The summed E-state index contributed by atoms with van der Waals surface area (Å²) in [4.78, 5) is 62.5. The number of nitrogen functional groups attached to an aromatic ring is 2. The molecule has 8 N–H and O–H groups in total. The van der Waals surface area contributed by atoms with Gasteiger partial charge in [-0.05, 0) is 98.5 Å².